The van der Waals surface area contributed by atoms with E-state index in [-0.39, 0.29) is 17.8 Å². The lowest BCUT2D eigenvalue weighted by Crippen LogP contribution is -2.14. The number of nitrogens with zero attached hydrogens (tertiary/aromatic N) is 7. The van der Waals surface area contributed by atoms with Crippen molar-refractivity contribution < 1.29 is 9.53 Å². The largest absolute Gasteiger partial charge is 0.479 e. The number of pyridine rings is 2. The number of methoxy groups -OCH3 is 1. The molecule has 0 spiro atoms. The molecule has 0 atom stereocenters. The zero-order valence-corrected chi connectivity index (χ0v) is 17.4. The summed E-state index contributed by atoms with van der Waals surface area (Å²) in [4.78, 5) is 21.7. The van der Waals surface area contributed by atoms with Crippen molar-refractivity contribution in [2.24, 2.45) is 0 Å². The second kappa shape index (κ2) is 8.74. The maximum Gasteiger partial charge on any atom is 0.263 e. The van der Waals surface area contributed by atoms with Gasteiger partial charge in [-0.25, -0.2) is 4.98 Å². The van der Waals surface area contributed by atoms with Gasteiger partial charge in [0.05, 0.1) is 19.3 Å². The summed E-state index contributed by atoms with van der Waals surface area (Å²) in [5, 5.41) is 15.3. The van der Waals surface area contributed by atoms with Crippen molar-refractivity contribution in [3.63, 3.8) is 0 Å². The predicted octanol–water partition coefficient (Wildman–Crippen LogP) is 2.82. The fraction of sp³-hybridized carbons (Fsp3) is 0.238. The summed E-state index contributed by atoms with van der Waals surface area (Å²) in [6.07, 6.45) is 5.00. The molecule has 0 unspecified atom stereocenters. The highest BCUT2D eigenvalue weighted by Gasteiger charge is 2.19. The van der Waals surface area contributed by atoms with Gasteiger partial charge < -0.3 is 14.6 Å². The van der Waals surface area contributed by atoms with E-state index in [0.29, 0.717) is 29.4 Å². The molecule has 0 aliphatic carbocycles. The van der Waals surface area contributed by atoms with Crippen LogP contribution < -0.4 is 10.1 Å². The van der Waals surface area contributed by atoms with E-state index in [0.717, 1.165) is 5.69 Å². The maximum absolute atomic E-state index is 12.9. The molecule has 10 heteroatoms. The Kier molecular flexibility index (Phi) is 5.69. The first-order valence-corrected chi connectivity index (χ1v) is 9.74. The van der Waals surface area contributed by atoms with E-state index in [4.69, 9.17) is 4.74 Å². The monoisotopic (exact) mass is 418 g/mol. The molecular formula is C21H22N8O2. The van der Waals surface area contributed by atoms with Crippen LogP contribution in [0, 0.1) is 0 Å². The van der Waals surface area contributed by atoms with E-state index >= 15 is 0 Å². The molecule has 0 bridgehead atoms. The minimum Gasteiger partial charge on any atom is -0.479 e. The summed E-state index contributed by atoms with van der Waals surface area (Å²) < 4.78 is 8.82. The Morgan fingerprint density at radius 3 is 2.81 bits per heavy atom. The number of hydrogen-bond acceptors (Lipinski definition) is 7. The Bertz CT molecular complexity index is 1180. The van der Waals surface area contributed by atoms with E-state index in [1.165, 1.54) is 7.11 Å². The highest BCUT2D eigenvalue weighted by atomic mass is 16.5. The van der Waals surface area contributed by atoms with Crippen molar-refractivity contribution in [3.05, 3.63) is 66.4 Å². The van der Waals surface area contributed by atoms with Gasteiger partial charge in [0.2, 0.25) is 5.88 Å². The van der Waals surface area contributed by atoms with Crippen molar-refractivity contribution in [2.75, 3.05) is 12.4 Å². The zero-order valence-electron chi connectivity index (χ0n) is 17.4. The average molecular weight is 418 g/mol. The minimum absolute atomic E-state index is 0.180. The summed E-state index contributed by atoms with van der Waals surface area (Å²) in [5.74, 6) is 0.871. The normalized spacial score (nSPS) is 11.0. The number of hydrogen-bond donors (Lipinski definition) is 1. The Morgan fingerprint density at radius 1 is 1.19 bits per heavy atom. The lowest BCUT2D eigenvalue weighted by Gasteiger charge is -2.10. The lowest BCUT2D eigenvalue weighted by molar-refractivity contribution is 0.102. The number of aromatic nitrogens is 7. The van der Waals surface area contributed by atoms with Gasteiger partial charge >= 0.3 is 0 Å². The van der Waals surface area contributed by atoms with Crippen molar-refractivity contribution in [1.29, 1.82) is 0 Å². The van der Waals surface area contributed by atoms with Crippen LogP contribution in [0.2, 0.25) is 0 Å². The molecule has 0 aromatic carbocycles. The summed E-state index contributed by atoms with van der Waals surface area (Å²) >= 11 is 0. The molecule has 4 rings (SSSR count). The fourth-order valence-corrected chi connectivity index (χ4v) is 3.07. The first-order chi connectivity index (χ1) is 15.0. The molecule has 10 nitrogen and oxygen atoms in total. The average Bonchev–Trinajstić information content (AvgIpc) is 3.42. The molecule has 0 aliphatic rings. The third-order valence-corrected chi connectivity index (χ3v) is 4.57. The van der Waals surface area contributed by atoms with Crippen molar-refractivity contribution in [3.8, 4) is 17.4 Å². The van der Waals surface area contributed by atoms with E-state index < -0.39 is 0 Å². The van der Waals surface area contributed by atoms with Crippen LogP contribution in [-0.4, -0.2) is 47.5 Å². The third kappa shape index (κ3) is 4.42. The van der Waals surface area contributed by atoms with Crippen molar-refractivity contribution in [1.82, 2.24) is 34.5 Å². The second-order valence-corrected chi connectivity index (χ2v) is 7.09. The molecule has 31 heavy (non-hydrogen) atoms. The summed E-state index contributed by atoms with van der Waals surface area (Å²) in [6.45, 7) is 4.49. The van der Waals surface area contributed by atoms with Crippen LogP contribution in [0.15, 0.2) is 55.1 Å². The SMILES string of the molecule is COc1nn(Cc2ccccn2)cc1C(=O)Nc1cccc(-c2nncn2C(C)C)n1. The van der Waals surface area contributed by atoms with E-state index in [9.17, 15) is 4.79 Å². The van der Waals surface area contributed by atoms with Crippen LogP contribution >= 0.6 is 0 Å². The number of carbonyl (C=O) groups is 1. The third-order valence-electron chi connectivity index (χ3n) is 4.57. The Labute approximate surface area is 178 Å². The van der Waals surface area contributed by atoms with Gasteiger partial charge in [0.1, 0.15) is 23.4 Å². The Balaban J connectivity index is 1.55. The van der Waals surface area contributed by atoms with Crippen LogP contribution in [-0.2, 0) is 6.54 Å². The summed E-state index contributed by atoms with van der Waals surface area (Å²) in [5.41, 5.74) is 1.74. The topological polar surface area (TPSA) is 113 Å². The molecule has 4 aromatic heterocycles. The number of amides is 1. The van der Waals surface area contributed by atoms with Crippen LogP contribution in [0.3, 0.4) is 0 Å². The van der Waals surface area contributed by atoms with Gasteiger partial charge in [-0.2, -0.15) is 0 Å². The highest BCUT2D eigenvalue weighted by molar-refractivity contribution is 6.05. The minimum atomic E-state index is -0.376. The van der Waals surface area contributed by atoms with Gasteiger partial charge in [-0.1, -0.05) is 12.1 Å². The smallest absolute Gasteiger partial charge is 0.263 e. The summed E-state index contributed by atoms with van der Waals surface area (Å²) in [7, 11) is 1.47. The maximum atomic E-state index is 12.9. The van der Waals surface area contributed by atoms with Crippen molar-refractivity contribution >= 4 is 11.7 Å². The van der Waals surface area contributed by atoms with Crippen LogP contribution in [0.25, 0.3) is 11.5 Å². The molecule has 0 aliphatic heterocycles. The number of carbonyl (C=O) groups excluding carboxylic acids is 1. The second-order valence-electron chi connectivity index (χ2n) is 7.09. The van der Waals surface area contributed by atoms with E-state index in [2.05, 4.69) is 30.6 Å². The summed E-state index contributed by atoms with van der Waals surface area (Å²) in [6, 6.07) is 11.1. The van der Waals surface area contributed by atoms with E-state index in [1.807, 2.05) is 42.7 Å². The molecule has 0 saturated carbocycles. The molecule has 0 fully saturated rings. The Morgan fingerprint density at radius 2 is 2.06 bits per heavy atom. The first-order valence-electron chi connectivity index (χ1n) is 9.74. The van der Waals surface area contributed by atoms with Crippen LogP contribution in [0.5, 0.6) is 5.88 Å². The molecular weight excluding hydrogens is 396 g/mol. The lowest BCUT2D eigenvalue weighted by atomic mass is 10.3. The highest BCUT2D eigenvalue weighted by Crippen LogP contribution is 2.21. The standard InChI is InChI=1S/C21H22N8O2/c1-14(2)29-13-23-26-19(29)17-8-6-9-18(24-17)25-20(30)16-12-28(27-21(16)31-3)11-15-7-4-5-10-22-15/h4-10,12-14H,11H2,1-3H3,(H,24,25,30). The van der Waals surface area contributed by atoms with Gasteiger partial charge in [-0.05, 0) is 38.1 Å². The zero-order chi connectivity index (χ0) is 21.8. The molecule has 0 saturated heterocycles. The number of nitrogens with one attached hydrogen (secondary N) is 1. The number of anilines is 1. The van der Waals surface area contributed by atoms with Crippen molar-refractivity contribution in [2.45, 2.75) is 26.4 Å². The van der Waals surface area contributed by atoms with Gasteiger partial charge in [0, 0.05) is 18.4 Å². The molecule has 4 aromatic rings. The molecule has 0 radical (unpaired) electrons. The molecule has 4 heterocycles. The van der Waals surface area contributed by atoms with Gasteiger partial charge in [-0.3, -0.25) is 14.5 Å². The predicted molar refractivity (Wildman–Crippen MR) is 114 cm³/mol. The van der Waals surface area contributed by atoms with Crippen LogP contribution in [0.1, 0.15) is 35.9 Å². The molecule has 1 N–H and O–H groups in total. The quantitative estimate of drug-likeness (QED) is 0.491. The molecule has 1 amide bonds. The fourth-order valence-electron chi connectivity index (χ4n) is 3.07. The van der Waals surface area contributed by atoms with Crippen LogP contribution in [0.4, 0.5) is 5.82 Å². The molecule has 158 valence electrons. The Hall–Kier alpha value is -4.08. The number of ether oxygens (including phenoxy) is 1. The van der Waals surface area contributed by atoms with Gasteiger partial charge in [-0.15, -0.1) is 15.3 Å². The van der Waals surface area contributed by atoms with E-state index in [1.54, 1.807) is 35.5 Å². The van der Waals surface area contributed by atoms with Gasteiger partial charge in [0.15, 0.2) is 5.82 Å². The first kappa shape index (κ1) is 20.2. The number of rotatable bonds is 7. The van der Waals surface area contributed by atoms with Gasteiger partial charge in [0.25, 0.3) is 5.91 Å².